The Labute approximate surface area is 191 Å². The van der Waals surface area contributed by atoms with Crippen LogP contribution in [-0.2, 0) is 17.9 Å². The molecule has 1 aliphatic heterocycles. The zero-order valence-corrected chi connectivity index (χ0v) is 19.7. The molecule has 0 spiro atoms. The Bertz CT molecular complexity index is 748. The zero-order chi connectivity index (χ0) is 19.6. The number of hydrogen-bond acceptors (Lipinski definition) is 4. The molecule has 0 bridgehead atoms. The Kier molecular flexibility index (Phi) is 10.2. The minimum absolute atomic E-state index is 0. The fourth-order valence-corrected chi connectivity index (χ4v) is 3.39. The van der Waals surface area contributed by atoms with Crippen LogP contribution in [0.4, 0.5) is 5.82 Å². The maximum absolute atomic E-state index is 5.73. The highest BCUT2D eigenvalue weighted by Gasteiger charge is 2.20. The number of nitrogens with zero attached hydrogens (tertiary/aromatic N) is 4. The van der Waals surface area contributed by atoms with Gasteiger partial charge in [-0.1, -0.05) is 37.3 Å². The number of benzene rings is 1. The molecule has 1 N–H and O–H groups in total. The second-order valence-corrected chi connectivity index (χ2v) is 6.88. The van der Waals surface area contributed by atoms with Crippen LogP contribution in [0.15, 0.2) is 53.7 Å². The smallest absolute Gasteiger partial charge is 0.194 e. The van der Waals surface area contributed by atoms with Gasteiger partial charge in [-0.2, -0.15) is 0 Å². The Hall–Kier alpha value is -1.87. The molecule has 0 amide bonds. The summed E-state index contributed by atoms with van der Waals surface area (Å²) < 4.78 is 5.73. The molecule has 0 unspecified atom stereocenters. The Morgan fingerprint density at radius 2 is 1.79 bits per heavy atom. The second kappa shape index (κ2) is 12.6. The van der Waals surface area contributed by atoms with Crippen LogP contribution >= 0.6 is 24.0 Å². The lowest BCUT2D eigenvalue weighted by Gasteiger charge is -2.37. The first-order chi connectivity index (χ1) is 13.8. The summed E-state index contributed by atoms with van der Waals surface area (Å²) in [6.45, 7) is 8.08. The van der Waals surface area contributed by atoms with Crippen LogP contribution in [0, 0.1) is 0 Å². The van der Waals surface area contributed by atoms with Crippen molar-refractivity contribution in [1.29, 1.82) is 0 Å². The van der Waals surface area contributed by atoms with Crippen LogP contribution < -0.4 is 10.2 Å². The van der Waals surface area contributed by atoms with Gasteiger partial charge in [0.15, 0.2) is 5.96 Å². The third-order valence-electron chi connectivity index (χ3n) is 4.93. The number of aromatic nitrogens is 1. The predicted molar refractivity (Wildman–Crippen MR) is 130 cm³/mol. The van der Waals surface area contributed by atoms with E-state index < -0.39 is 0 Å². The fraction of sp³-hybridized carbons (Fsp3) is 0.455. The van der Waals surface area contributed by atoms with Gasteiger partial charge in [0, 0.05) is 52.6 Å². The number of ether oxygens (including phenoxy) is 1. The molecule has 1 aromatic heterocycles. The monoisotopic (exact) mass is 509 g/mol. The molecule has 2 heterocycles. The van der Waals surface area contributed by atoms with Gasteiger partial charge in [0.1, 0.15) is 5.82 Å². The molecule has 7 heteroatoms. The molecule has 1 aromatic carbocycles. The SMILES string of the molecule is CCCOCc1ccccc1CNC(=NC)N1CCN(c2ccccn2)CC1.I. The molecule has 3 rings (SSSR count). The summed E-state index contributed by atoms with van der Waals surface area (Å²) in [7, 11) is 1.85. The molecule has 1 aliphatic rings. The summed E-state index contributed by atoms with van der Waals surface area (Å²) in [4.78, 5) is 13.6. The van der Waals surface area contributed by atoms with E-state index in [1.807, 2.05) is 25.4 Å². The molecule has 2 aromatic rings. The van der Waals surface area contributed by atoms with Gasteiger partial charge in [-0.15, -0.1) is 24.0 Å². The van der Waals surface area contributed by atoms with Crippen molar-refractivity contribution < 1.29 is 4.74 Å². The van der Waals surface area contributed by atoms with Gasteiger partial charge in [-0.25, -0.2) is 4.98 Å². The van der Waals surface area contributed by atoms with Gasteiger partial charge in [-0.3, -0.25) is 4.99 Å². The number of piperazine rings is 1. The summed E-state index contributed by atoms with van der Waals surface area (Å²) in [6.07, 6.45) is 2.89. The van der Waals surface area contributed by atoms with Crippen LogP contribution in [0.5, 0.6) is 0 Å². The number of pyridine rings is 1. The highest BCUT2D eigenvalue weighted by Crippen LogP contribution is 2.13. The van der Waals surface area contributed by atoms with Crippen molar-refractivity contribution >= 4 is 35.8 Å². The molecule has 0 saturated carbocycles. The van der Waals surface area contributed by atoms with E-state index in [-0.39, 0.29) is 24.0 Å². The fourth-order valence-electron chi connectivity index (χ4n) is 3.39. The molecular formula is C22H32IN5O. The lowest BCUT2D eigenvalue weighted by atomic mass is 10.1. The summed E-state index contributed by atoms with van der Waals surface area (Å²) in [5.74, 6) is 2.00. The number of anilines is 1. The molecule has 29 heavy (non-hydrogen) atoms. The number of hydrogen-bond donors (Lipinski definition) is 1. The highest BCUT2D eigenvalue weighted by atomic mass is 127. The van der Waals surface area contributed by atoms with Crippen molar-refractivity contribution in [2.24, 2.45) is 4.99 Å². The number of guanidine groups is 1. The van der Waals surface area contributed by atoms with E-state index in [4.69, 9.17) is 4.74 Å². The zero-order valence-electron chi connectivity index (χ0n) is 17.4. The van der Waals surface area contributed by atoms with Crippen LogP contribution in [0.2, 0.25) is 0 Å². The molecule has 6 nitrogen and oxygen atoms in total. The van der Waals surface area contributed by atoms with Crippen molar-refractivity contribution in [1.82, 2.24) is 15.2 Å². The van der Waals surface area contributed by atoms with E-state index in [1.165, 1.54) is 11.1 Å². The van der Waals surface area contributed by atoms with Gasteiger partial charge in [0.25, 0.3) is 0 Å². The number of rotatable bonds is 7. The Morgan fingerprint density at radius 1 is 1.07 bits per heavy atom. The summed E-state index contributed by atoms with van der Waals surface area (Å²) in [6, 6.07) is 14.5. The van der Waals surface area contributed by atoms with E-state index in [0.717, 1.165) is 57.5 Å². The average molecular weight is 509 g/mol. The quantitative estimate of drug-likeness (QED) is 0.268. The van der Waals surface area contributed by atoms with E-state index in [9.17, 15) is 0 Å². The lowest BCUT2D eigenvalue weighted by Crippen LogP contribution is -2.52. The molecule has 1 fully saturated rings. The summed E-state index contributed by atoms with van der Waals surface area (Å²) in [5, 5.41) is 3.53. The number of aliphatic imine (C=N–C) groups is 1. The van der Waals surface area contributed by atoms with E-state index in [2.05, 4.69) is 62.3 Å². The standard InChI is InChI=1S/C22H31N5O.HI/c1-3-16-28-18-20-9-5-4-8-19(20)17-25-22(23-2)27-14-12-26(13-15-27)21-10-6-7-11-24-21;/h4-11H,3,12-18H2,1-2H3,(H,23,25);1H. The van der Waals surface area contributed by atoms with Crippen LogP contribution in [0.1, 0.15) is 24.5 Å². The summed E-state index contributed by atoms with van der Waals surface area (Å²) >= 11 is 0. The second-order valence-electron chi connectivity index (χ2n) is 6.88. The van der Waals surface area contributed by atoms with Gasteiger partial charge < -0.3 is 19.9 Å². The molecule has 0 radical (unpaired) electrons. The molecule has 158 valence electrons. The third kappa shape index (κ3) is 6.85. The topological polar surface area (TPSA) is 53.0 Å². The van der Waals surface area contributed by atoms with Crippen molar-refractivity contribution in [3.63, 3.8) is 0 Å². The van der Waals surface area contributed by atoms with Gasteiger partial charge >= 0.3 is 0 Å². The van der Waals surface area contributed by atoms with Gasteiger partial charge in [0.2, 0.25) is 0 Å². The van der Waals surface area contributed by atoms with Crippen molar-refractivity contribution in [3.05, 3.63) is 59.8 Å². The molecule has 1 saturated heterocycles. The summed E-state index contributed by atoms with van der Waals surface area (Å²) in [5.41, 5.74) is 2.49. The van der Waals surface area contributed by atoms with Gasteiger partial charge in [-0.05, 0) is 29.7 Å². The van der Waals surface area contributed by atoms with Crippen molar-refractivity contribution in [3.8, 4) is 0 Å². The van der Waals surface area contributed by atoms with E-state index >= 15 is 0 Å². The minimum atomic E-state index is 0. The first-order valence-electron chi connectivity index (χ1n) is 10.1. The first kappa shape index (κ1) is 23.4. The first-order valence-corrected chi connectivity index (χ1v) is 10.1. The van der Waals surface area contributed by atoms with Crippen LogP contribution in [-0.4, -0.2) is 55.7 Å². The maximum Gasteiger partial charge on any atom is 0.194 e. The third-order valence-corrected chi connectivity index (χ3v) is 4.93. The van der Waals surface area contributed by atoms with Crippen molar-refractivity contribution in [2.45, 2.75) is 26.5 Å². The largest absolute Gasteiger partial charge is 0.377 e. The average Bonchev–Trinajstić information content (AvgIpc) is 2.76. The lowest BCUT2D eigenvalue weighted by molar-refractivity contribution is 0.121. The number of halogens is 1. The van der Waals surface area contributed by atoms with Crippen LogP contribution in [0.3, 0.4) is 0 Å². The minimum Gasteiger partial charge on any atom is -0.377 e. The predicted octanol–water partition coefficient (Wildman–Crippen LogP) is 3.52. The van der Waals surface area contributed by atoms with Crippen molar-refractivity contribution in [2.75, 3.05) is 44.7 Å². The highest BCUT2D eigenvalue weighted by molar-refractivity contribution is 14.0. The van der Waals surface area contributed by atoms with Gasteiger partial charge in [0.05, 0.1) is 6.61 Å². The van der Waals surface area contributed by atoms with Crippen LogP contribution in [0.25, 0.3) is 0 Å². The normalized spacial score (nSPS) is 14.5. The maximum atomic E-state index is 5.73. The Morgan fingerprint density at radius 3 is 2.45 bits per heavy atom. The van der Waals surface area contributed by atoms with E-state index in [1.54, 1.807) is 0 Å². The Balaban J connectivity index is 0.00000300. The number of nitrogens with one attached hydrogen (secondary N) is 1. The molecule has 0 aliphatic carbocycles. The molecular weight excluding hydrogens is 477 g/mol. The van der Waals surface area contributed by atoms with E-state index in [0.29, 0.717) is 6.61 Å². The molecule has 0 atom stereocenters.